The average molecular weight is 524 g/mol. The second-order valence-electron chi connectivity index (χ2n) is 9.07. The summed E-state index contributed by atoms with van der Waals surface area (Å²) >= 11 is 0. The van der Waals surface area contributed by atoms with Gasteiger partial charge in [0.2, 0.25) is 5.43 Å². The van der Waals surface area contributed by atoms with Crippen LogP contribution in [0.5, 0.6) is 5.75 Å². The predicted octanol–water partition coefficient (Wildman–Crippen LogP) is 2.85. The molecule has 2 amide bonds. The summed E-state index contributed by atoms with van der Waals surface area (Å²) < 4.78 is 54.2. The topological polar surface area (TPSA) is 110 Å². The maximum absolute atomic E-state index is 14.0. The van der Waals surface area contributed by atoms with E-state index in [2.05, 4.69) is 5.32 Å². The van der Waals surface area contributed by atoms with Gasteiger partial charge in [0.05, 0.1) is 25.3 Å². The third kappa shape index (κ3) is 4.71. The molecule has 2 aliphatic heterocycles. The van der Waals surface area contributed by atoms with E-state index in [1.54, 1.807) is 13.8 Å². The summed E-state index contributed by atoms with van der Waals surface area (Å²) in [4.78, 5) is 40.6. The number of likely N-dealkylation sites (N-methyl/N-ethyl adjacent to an activating group) is 1. The summed E-state index contributed by atoms with van der Waals surface area (Å²) in [7, 11) is 0. The van der Waals surface area contributed by atoms with Gasteiger partial charge in [-0.15, -0.1) is 0 Å². The molecule has 2 atom stereocenters. The molecule has 1 saturated heterocycles. The second-order valence-corrected chi connectivity index (χ2v) is 9.07. The van der Waals surface area contributed by atoms with Gasteiger partial charge in [0.25, 0.3) is 11.8 Å². The van der Waals surface area contributed by atoms with Crippen LogP contribution in [0.25, 0.3) is 0 Å². The maximum atomic E-state index is 14.0. The van der Waals surface area contributed by atoms with E-state index in [9.17, 15) is 32.7 Å². The number of benzene rings is 1. The largest absolute Gasteiger partial charge is 0.503 e. The smallest absolute Gasteiger partial charge is 0.274 e. The summed E-state index contributed by atoms with van der Waals surface area (Å²) in [5.41, 5.74) is -2.49. The van der Waals surface area contributed by atoms with Crippen molar-refractivity contribution in [3.05, 3.63) is 62.8 Å². The molecule has 0 aliphatic carbocycles. The van der Waals surface area contributed by atoms with Crippen LogP contribution in [0.15, 0.2) is 23.1 Å². The van der Waals surface area contributed by atoms with E-state index in [1.165, 1.54) is 9.47 Å². The van der Waals surface area contributed by atoms with Crippen LogP contribution in [0.2, 0.25) is 0 Å². The first-order valence-electron chi connectivity index (χ1n) is 12.0. The van der Waals surface area contributed by atoms with Crippen LogP contribution >= 0.6 is 0 Å². The molecule has 0 bridgehead atoms. The molecule has 9 nitrogen and oxygen atoms in total. The number of halogens is 3. The molecule has 12 heteroatoms. The first-order valence-corrected chi connectivity index (χ1v) is 12.0. The van der Waals surface area contributed by atoms with Crippen LogP contribution in [0.1, 0.15) is 66.1 Å². The Bertz CT molecular complexity index is 1270. The molecule has 0 saturated carbocycles. The molecule has 37 heavy (non-hydrogen) atoms. The average Bonchev–Trinajstić information content (AvgIpc) is 3.32. The second kappa shape index (κ2) is 10.2. The zero-order valence-electron chi connectivity index (χ0n) is 20.6. The molecular formula is C25H28F3N3O6. The van der Waals surface area contributed by atoms with E-state index < -0.39 is 76.0 Å². The van der Waals surface area contributed by atoms with Crippen molar-refractivity contribution in [2.24, 2.45) is 0 Å². The van der Waals surface area contributed by atoms with Crippen LogP contribution in [0, 0.1) is 17.5 Å². The maximum Gasteiger partial charge on any atom is 0.274 e. The van der Waals surface area contributed by atoms with Gasteiger partial charge in [-0.25, -0.2) is 13.2 Å². The first kappa shape index (κ1) is 26.7. The van der Waals surface area contributed by atoms with Crippen LogP contribution in [-0.4, -0.2) is 58.0 Å². The molecule has 4 rings (SSSR count). The molecule has 1 aromatic carbocycles. The normalized spacial score (nSPS) is 20.7. The van der Waals surface area contributed by atoms with Gasteiger partial charge in [-0.3, -0.25) is 14.4 Å². The van der Waals surface area contributed by atoms with Gasteiger partial charge in [0, 0.05) is 43.4 Å². The van der Waals surface area contributed by atoms with Crippen molar-refractivity contribution >= 4 is 11.8 Å². The number of nitrogens with one attached hydrogen (secondary N) is 1. The summed E-state index contributed by atoms with van der Waals surface area (Å²) in [6.45, 7) is 5.90. The SMILES string of the molecule is CCN1C(=O)c2c(O)c(=O)c(C(=O)NCc3c(F)cc(F)cc3F)cn2[C@@H](C)[C@H]1CC1(CC)OCCO1. The van der Waals surface area contributed by atoms with Crippen molar-refractivity contribution in [2.45, 2.75) is 58.0 Å². The van der Waals surface area contributed by atoms with Crippen LogP contribution < -0.4 is 10.7 Å². The van der Waals surface area contributed by atoms with E-state index in [0.717, 1.165) is 6.20 Å². The molecule has 2 aromatic rings. The minimum atomic E-state index is -1.20. The minimum absolute atomic E-state index is 0.262. The van der Waals surface area contributed by atoms with E-state index in [4.69, 9.17) is 9.47 Å². The fourth-order valence-electron chi connectivity index (χ4n) is 4.99. The lowest BCUT2D eigenvalue weighted by atomic mass is 9.93. The number of fused-ring (bicyclic) bond motifs is 1. The van der Waals surface area contributed by atoms with Crippen LogP contribution in [-0.2, 0) is 16.0 Å². The molecule has 2 aliphatic rings. The number of carbonyl (C=O) groups is 2. The predicted molar refractivity (Wildman–Crippen MR) is 125 cm³/mol. The van der Waals surface area contributed by atoms with Gasteiger partial charge in [-0.1, -0.05) is 6.92 Å². The van der Waals surface area contributed by atoms with Crippen molar-refractivity contribution in [3.8, 4) is 5.75 Å². The molecule has 0 spiro atoms. The highest BCUT2D eigenvalue weighted by Gasteiger charge is 2.46. The third-order valence-corrected chi connectivity index (χ3v) is 7.06. The highest BCUT2D eigenvalue weighted by atomic mass is 19.1. The number of carbonyl (C=O) groups excluding carboxylic acids is 2. The summed E-state index contributed by atoms with van der Waals surface area (Å²) in [6.07, 6.45) is 2.01. The molecule has 2 N–H and O–H groups in total. The summed E-state index contributed by atoms with van der Waals surface area (Å²) in [5, 5.41) is 12.9. The first-order chi connectivity index (χ1) is 17.5. The lowest BCUT2D eigenvalue weighted by Gasteiger charge is -2.44. The molecule has 200 valence electrons. The quantitative estimate of drug-likeness (QED) is 0.578. The molecule has 3 heterocycles. The molecule has 1 fully saturated rings. The van der Waals surface area contributed by atoms with Gasteiger partial charge in [-0.2, -0.15) is 0 Å². The fraction of sp³-hybridized carbons (Fsp3) is 0.480. The van der Waals surface area contributed by atoms with Gasteiger partial charge >= 0.3 is 0 Å². The van der Waals surface area contributed by atoms with Crippen molar-refractivity contribution in [1.29, 1.82) is 0 Å². The Labute approximate surface area is 210 Å². The Balaban J connectivity index is 1.68. The lowest BCUT2D eigenvalue weighted by Crippen LogP contribution is -2.54. The number of ether oxygens (including phenoxy) is 2. The van der Waals surface area contributed by atoms with Gasteiger partial charge in [0.1, 0.15) is 23.0 Å². The molecule has 0 unspecified atom stereocenters. The van der Waals surface area contributed by atoms with Crippen LogP contribution in [0.3, 0.4) is 0 Å². The Morgan fingerprint density at radius 1 is 1.16 bits per heavy atom. The van der Waals surface area contributed by atoms with Crippen molar-refractivity contribution < 1.29 is 37.3 Å². The molecule has 0 radical (unpaired) electrons. The van der Waals surface area contributed by atoms with Gasteiger partial charge in [-0.05, 0) is 20.3 Å². The number of pyridine rings is 1. The Morgan fingerprint density at radius 2 is 1.78 bits per heavy atom. The zero-order valence-corrected chi connectivity index (χ0v) is 20.6. The highest BCUT2D eigenvalue weighted by Crippen LogP contribution is 2.38. The van der Waals surface area contributed by atoms with Gasteiger partial charge < -0.3 is 29.4 Å². The number of rotatable bonds is 7. The molecule has 1 aromatic heterocycles. The van der Waals surface area contributed by atoms with Gasteiger partial charge in [0.15, 0.2) is 17.2 Å². The van der Waals surface area contributed by atoms with Crippen molar-refractivity contribution in [2.75, 3.05) is 19.8 Å². The Hall–Kier alpha value is -3.38. The zero-order chi connectivity index (χ0) is 27.1. The Morgan fingerprint density at radius 3 is 2.35 bits per heavy atom. The summed E-state index contributed by atoms with van der Waals surface area (Å²) in [6, 6.07) is -0.0206. The van der Waals surface area contributed by atoms with E-state index >= 15 is 0 Å². The monoisotopic (exact) mass is 523 g/mol. The number of amides is 2. The van der Waals surface area contributed by atoms with E-state index in [1.807, 2.05) is 6.92 Å². The highest BCUT2D eigenvalue weighted by molar-refractivity contribution is 5.99. The fourth-order valence-corrected chi connectivity index (χ4v) is 4.99. The van der Waals surface area contributed by atoms with Crippen LogP contribution in [0.4, 0.5) is 13.2 Å². The summed E-state index contributed by atoms with van der Waals surface area (Å²) in [5.74, 6) is -6.94. The Kier molecular flexibility index (Phi) is 7.33. The molecular weight excluding hydrogens is 495 g/mol. The number of hydrogen-bond donors (Lipinski definition) is 2. The standard InChI is InChI=1S/C25H28F3N3O6/c1-4-25(36-6-7-37-25)10-19-13(3)31-12-16(21(32)22(33)20(31)24(35)30(19)5-2)23(34)29-11-15-17(27)8-14(26)9-18(15)28/h8-9,12-13,19,33H,4-7,10-11H2,1-3H3,(H,29,34)/t13-,19+/m0/s1. The number of aromatic nitrogens is 1. The number of aromatic hydroxyl groups is 1. The van der Waals surface area contributed by atoms with E-state index in [0.29, 0.717) is 38.2 Å². The minimum Gasteiger partial charge on any atom is -0.503 e. The van der Waals surface area contributed by atoms with E-state index in [-0.39, 0.29) is 12.2 Å². The van der Waals surface area contributed by atoms with Crippen molar-refractivity contribution in [3.63, 3.8) is 0 Å². The third-order valence-electron chi connectivity index (χ3n) is 7.06. The van der Waals surface area contributed by atoms with Crippen molar-refractivity contribution in [1.82, 2.24) is 14.8 Å². The number of hydrogen-bond acceptors (Lipinski definition) is 6. The lowest BCUT2D eigenvalue weighted by molar-refractivity contribution is -0.175. The number of nitrogens with zero attached hydrogens (tertiary/aromatic N) is 2.